The van der Waals surface area contributed by atoms with Crippen LogP contribution in [-0.2, 0) is 11.2 Å². The summed E-state index contributed by atoms with van der Waals surface area (Å²) < 4.78 is 5.47. The molecule has 2 N–H and O–H groups in total. The number of hydrogen-bond acceptors (Lipinski definition) is 2. The third-order valence-corrected chi connectivity index (χ3v) is 4.81. The molecule has 3 rings (SSSR count). The minimum atomic E-state index is 0.615. The topological polar surface area (TPSA) is 52.7 Å². The summed E-state index contributed by atoms with van der Waals surface area (Å²) in [5.41, 5.74) is 3.86. The smallest absolute Gasteiger partial charge is 0.193 e. The van der Waals surface area contributed by atoms with E-state index in [2.05, 4.69) is 58.4 Å². The van der Waals surface area contributed by atoms with Gasteiger partial charge in [-0.2, -0.15) is 0 Å². The van der Waals surface area contributed by atoms with Crippen LogP contribution in [0.15, 0.2) is 29.3 Å². The van der Waals surface area contributed by atoms with E-state index in [4.69, 9.17) is 4.74 Å². The highest BCUT2D eigenvalue weighted by Crippen LogP contribution is 2.22. The summed E-state index contributed by atoms with van der Waals surface area (Å²) in [4.78, 5) is 10.1. The number of guanidine groups is 1. The van der Waals surface area contributed by atoms with Gasteiger partial charge >= 0.3 is 0 Å². The van der Waals surface area contributed by atoms with Crippen molar-refractivity contribution in [3.63, 3.8) is 0 Å². The van der Waals surface area contributed by atoms with Crippen LogP contribution in [-0.4, -0.2) is 56.2 Å². The highest BCUT2D eigenvalue weighted by molar-refractivity contribution is 5.84. The van der Waals surface area contributed by atoms with Gasteiger partial charge in [0.05, 0.1) is 6.61 Å². The fourth-order valence-electron chi connectivity index (χ4n) is 3.54. The molecule has 1 aromatic heterocycles. The Morgan fingerprint density at radius 2 is 2.25 bits per heavy atom. The lowest BCUT2D eigenvalue weighted by Gasteiger charge is -2.24. The number of benzene rings is 1. The number of nitrogens with one attached hydrogen (secondary N) is 2. The first kappa shape index (κ1) is 16.8. The van der Waals surface area contributed by atoms with Gasteiger partial charge in [-0.15, -0.1) is 0 Å². The number of aryl methyl sites for hydroxylation is 1. The van der Waals surface area contributed by atoms with Gasteiger partial charge in [-0.3, -0.25) is 4.99 Å². The van der Waals surface area contributed by atoms with Gasteiger partial charge in [-0.05, 0) is 31.4 Å². The molecule has 0 saturated carbocycles. The summed E-state index contributed by atoms with van der Waals surface area (Å²) in [6.07, 6.45) is 2.13. The van der Waals surface area contributed by atoms with Crippen LogP contribution in [0.25, 0.3) is 10.9 Å². The Morgan fingerprint density at radius 1 is 1.42 bits per heavy atom. The molecule has 0 aliphatic carbocycles. The summed E-state index contributed by atoms with van der Waals surface area (Å²) in [6.45, 7) is 5.78. The van der Waals surface area contributed by atoms with Crippen LogP contribution >= 0.6 is 0 Å². The SMILES string of the molecule is CN=C(NCCc1c(C)[nH]c2ccccc12)N(C)CC1CCOC1. The maximum atomic E-state index is 5.47. The first-order chi connectivity index (χ1) is 11.7. The molecule has 0 bridgehead atoms. The molecule has 24 heavy (non-hydrogen) atoms. The van der Waals surface area contributed by atoms with E-state index in [0.717, 1.165) is 45.1 Å². The number of aromatic nitrogens is 1. The van der Waals surface area contributed by atoms with Crippen LogP contribution in [0.2, 0.25) is 0 Å². The molecule has 2 aromatic rings. The highest BCUT2D eigenvalue weighted by Gasteiger charge is 2.19. The largest absolute Gasteiger partial charge is 0.381 e. The van der Waals surface area contributed by atoms with Crippen molar-refractivity contribution in [2.45, 2.75) is 19.8 Å². The molecule has 1 unspecified atom stereocenters. The summed E-state index contributed by atoms with van der Waals surface area (Å²) in [5.74, 6) is 1.57. The second kappa shape index (κ2) is 7.71. The predicted octanol–water partition coefficient (Wildman–Crippen LogP) is 2.56. The van der Waals surface area contributed by atoms with Crippen LogP contribution in [0, 0.1) is 12.8 Å². The van der Waals surface area contributed by atoms with Gasteiger partial charge in [-0.1, -0.05) is 18.2 Å². The number of aromatic amines is 1. The van der Waals surface area contributed by atoms with Gasteiger partial charge in [0.15, 0.2) is 5.96 Å². The van der Waals surface area contributed by atoms with E-state index >= 15 is 0 Å². The zero-order valence-corrected chi connectivity index (χ0v) is 14.9. The molecule has 1 aromatic carbocycles. The highest BCUT2D eigenvalue weighted by atomic mass is 16.5. The summed E-state index contributed by atoms with van der Waals surface area (Å²) in [6, 6.07) is 8.50. The number of aliphatic imine (C=N–C) groups is 1. The van der Waals surface area contributed by atoms with E-state index in [-0.39, 0.29) is 0 Å². The number of ether oxygens (including phenoxy) is 1. The van der Waals surface area contributed by atoms with Gasteiger partial charge in [0.25, 0.3) is 0 Å². The first-order valence-electron chi connectivity index (χ1n) is 8.74. The zero-order valence-electron chi connectivity index (χ0n) is 14.9. The predicted molar refractivity (Wildman–Crippen MR) is 99.7 cm³/mol. The maximum Gasteiger partial charge on any atom is 0.193 e. The van der Waals surface area contributed by atoms with Crippen molar-refractivity contribution in [3.8, 4) is 0 Å². The van der Waals surface area contributed by atoms with Crippen LogP contribution in [0.5, 0.6) is 0 Å². The molecule has 1 atom stereocenters. The van der Waals surface area contributed by atoms with Crippen LogP contribution in [0.4, 0.5) is 0 Å². The van der Waals surface area contributed by atoms with Gasteiger partial charge in [0.2, 0.25) is 0 Å². The Morgan fingerprint density at radius 3 is 3.00 bits per heavy atom. The minimum absolute atomic E-state index is 0.615. The van der Waals surface area contributed by atoms with E-state index < -0.39 is 0 Å². The number of H-pyrrole nitrogens is 1. The molecule has 1 fully saturated rings. The third kappa shape index (κ3) is 3.73. The molecule has 0 spiro atoms. The summed E-state index contributed by atoms with van der Waals surface area (Å²) in [5, 5.41) is 4.82. The average molecular weight is 328 g/mol. The summed E-state index contributed by atoms with van der Waals surface area (Å²) >= 11 is 0. The van der Waals surface area contributed by atoms with Crippen molar-refractivity contribution in [3.05, 3.63) is 35.5 Å². The lowest BCUT2D eigenvalue weighted by atomic mass is 10.1. The van der Waals surface area contributed by atoms with Crippen molar-refractivity contribution >= 4 is 16.9 Å². The number of fused-ring (bicyclic) bond motifs is 1. The maximum absolute atomic E-state index is 5.47. The lowest BCUT2D eigenvalue weighted by Crippen LogP contribution is -2.42. The Bertz CT molecular complexity index is 700. The molecular weight excluding hydrogens is 300 g/mol. The van der Waals surface area contributed by atoms with Gasteiger partial charge in [0.1, 0.15) is 0 Å². The number of nitrogens with zero attached hydrogens (tertiary/aromatic N) is 2. The normalized spacial score (nSPS) is 18.3. The standard InChI is InChI=1S/C19H28N4O/c1-14-16(17-6-4-5-7-18(17)22-14)8-10-21-19(20-2)23(3)12-15-9-11-24-13-15/h4-7,15,22H,8-13H2,1-3H3,(H,20,21). The fraction of sp³-hybridized carbons (Fsp3) is 0.526. The molecule has 2 heterocycles. The van der Waals surface area contributed by atoms with E-state index in [9.17, 15) is 0 Å². The molecule has 1 aliphatic rings. The second-order valence-corrected chi connectivity index (χ2v) is 6.61. The molecule has 1 saturated heterocycles. The van der Waals surface area contributed by atoms with E-state index in [1.807, 2.05) is 7.05 Å². The number of rotatable bonds is 5. The van der Waals surface area contributed by atoms with E-state index in [1.54, 1.807) is 0 Å². The monoisotopic (exact) mass is 328 g/mol. The van der Waals surface area contributed by atoms with Crippen LogP contribution < -0.4 is 5.32 Å². The number of hydrogen-bond donors (Lipinski definition) is 2. The third-order valence-electron chi connectivity index (χ3n) is 4.81. The van der Waals surface area contributed by atoms with Crippen molar-refractivity contribution < 1.29 is 4.74 Å². The Labute approximate surface area is 144 Å². The Hall–Kier alpha value is -2.01. The van der Waals surface area contributed by atoms with E-state index in [0.29, 0.717) is 5.92 Å². The fourth-order valence-corrected chi connectivity index (χ4v) is 3.54. The van der Waals surface area contributed by atoms with Gasteiger partial charge in [0, 0.05) is 56.3 Å². The van der Waals surface area contributed by atoms with Crippen molar-refractivity contribution in [1.82, 2.24) is 15.2 Å². The van der Waals surface area contributed by atoms with Gasteiger partial charge < -0.3 is 19.9 Å². The molecule has 0 amide bonds. The molecule has 1 aliphatic heterocycles. The quantitative estimate of drug-likeness (QED) is 0.655. The van der Waals surface area contributed by atoms with Crippen molar-refractivity contribution in [2.24, 2.45) is 10.9 Å². The molecular formula is C19H28N4O. The molecule has 5 nitrogen and oxygen atoms in total. The molecule has 0 radical (unpaired) electrons. The van der Waals surface area contributed by atoms with Crippen LogP contribution in [0.1, 0.15) is 17.7 Å². The minimum Gasteiger partial charge on any atom is -0.381 e. The molecule has 5 heteroatoms. The first-order valence-corrected chi connectivity index (χ1v) is 8.74. The van der Waals surface area contributed by atoms with Crippen molar-refractivity contribution in [2.75, 3.05) is 40.4 Å². The van der Waals surface area contributed by atoms with E-state index in [1.165, 1.54) is 22.2 Å². The summed E-state index contributed by atoms with van der Waals surface area (Å²) in [7, 11) is 3.95. The number of para-hydroxylation sites is 1. The average Bonchev–Trinajstić information content (AvgIpc) is 3.19. The van der Waals surface area contributed by atoms with Crippen molar-refractivity contribution in [1.29, 1.82) is 0 Å². The zero-order chi connectivity index (χ0) is 16.9. The Kier molecular flexibility index (Phi) is 5.41. The molecule has 130 valence electrons. The lowest BCUT2D eigenvalue weighted by molar-refractivity contribution is 0.181. The van der Waals surface area contributed by atoms with Crippen LogP contribution in [0.3, 0.4) is 0 Å². The second-order valence-electron chi connectivity index (χ2n) is 6.61. The Balaban J connectivity index is 1.56. The van der Waals surface area contributed by atoms with Gasteiger partial charge in [-0.25, -0.2) is 0 Å².